The molecule has 0 radical (unpaired) electrons. The molecule has 0 aromatic heterocycles. The van der Waals surface area contributed by atoms with Crippen LogP contribution in [0, 0.1) is 5.92 Å². The highest BCUT2D eigenvalue weighted by Crippen LogP contribution is 2.39. The summed E-state index contributed by atoms with van der Waals surface area (Å²) >= 11 is 0. The minimum absolute atomic E-state index is 0.0501. The molecule has 2 aliphatic heterocycles. The summed E-state index contributed by atoms with van der Waals surface area (Å²) in [6, 6.07) is 0.608. The van der Waals surface area contributed by atoms with Gasteiger partial charge in [0.15, 0.2) is 14.4 Å². The van der Waals surface area contributed by atoms with Crippen LogP contribution in [0.25, 0.3) is 0 Å². The third kappa shape index (κ3) is 12.6. The lowest BCUT2D eigenvalue weighted by atomic mass is 9.89. The van der Waals surface area contributed by atoms with Gasteiger partial charge in [-0.25, -0.2) is 4.79 Å². The molecular formula is C39H68N2O7Si. The van der Waals surface area contributed by atoms with Gasteiger partial charge >= 0.3 is 12.1 Å². The Bertz CT molecular complexity index is 1140. The summed E-state index contributed by atoms with van der Waals surface area (Å²) in [5, 5.41) is 11.9. The van der Waals surface area contributed by atoms with Crippen molar-refractivity contribution in [3.8, 4) is 0 Å². The van der Waals surface area contributed by atoms with Gasteiger partial charge in [0.1, 0.15) is 11.7 Å². The molecule has 1 N–H and O–H groups in total. The summed E-state index contributed by atoms with van der Waals surface area (Å²) in [5.74, 6) is -0.588. The second-order valence-corrected chi connectivity index (χ2v) is 21.2. The molecule has 9 nitrogen and oxygen atoms in total. The number of cyclic esters (lactones) is 1. The first-order chi connectivity index (χ1) is 22.9. The first-order valence-electron chi connectivity index (χ1n) is 18.8. The van der Waals surface area contributed by atoms with Crippen molar-refractivity contribution in [1.29, 1.82) is 0 Å². The number of rotatable bonds is 8. The lowest BCUT2D eigenvalue weighted by Crippen LogP contribution is -2.53. The van der Waals surface area contributed by atoms with Gasteiger partial charge in [0.25, 0.3) is 0 Å². The average Bonchev–Trinajstić information content (AvgIpc) is 3.33. The van der Waals surface area contributed by atoms with Crippen molar-refractivity contribution in [3.63, 3.8) is 0 Å². The molecule has 280 valence electrons. The van der Waals surface area contributed by atoms with Crippen molar-refractivity contribution < 1.29 is 33.3 Å². The normalized spacial score (nSPS) is 31.0. The fourth-order valence-electron chi connectivity index (χ4n) is 6.75. The van der Waals surface area contributed by atoms with Gasteiger partial charge in [-0.15, -0.1) is 0 Å². The number of piperazine rings is 1. The Balaban J connectivity index is 1.86. The number of methoxy groups -OCH3 is 1. The van der Waals surface area contributed by atoms with Gasteiger partial charge in [0.2, 0.25) is 0 Å². The molecule has 3 rings (SSSR count). The minimum Gasteiger partial charge on any atom is -0.457 e. The molecule has 0 aromatic rings. The number of aliphatic hydroxyl groups is 1. The number of hydrogen-bond donors (Lipinski definition) is 1. The Morgan fingerprint density at radius 2 is 1.71 bits per heavy atom. The maximum atomic E-state index is 13.6. The van der Waals surface area contributed by atoms with Crippen molar-refractivity contribution >= 4 is 20.4 Å². The number of carbonyl (C=O) groups excluding carboxylic acids is 2. The Labute approximate surface area is 298 Å². The molecular weight excluding hydrogens is 637 g/mol. The zero-order valence-corrected chi connectivity index (χ0v) is 33.3. The molecule has 1 amide bonds. The Hall–Kier alpha value is -1.98. The minimum atomic E-state index is -2.26. The first kappa shape index (κ1) is 41.4. The number of esters is 1. The van der Waals surface area contributed by atoms with Crippen LogP contribution >= 0.6 is 0 Å². The summed E-state index contributed by atoms with van der Waals surface area (Å²) in [6.45, 7) is 21.4. The largest absolute Gasteiger partial charge is 0.457 e. The Morgan fingerprint density at radius 3 is 2.31 bits per heavy atom. The van der Waals surface area contributed by atoms with E-state index < -0.39 is 38.3 Å². The van der Waals surface area contributed by atoms with Crippen molar-refractivity contribution in [1.82, 2.24) is 9.80 Å². The predicted octanol–water partition coefficient (Wildman–Crippen LogP) is 7.80. The second-order valence-electron chi connectivity index (χ2n) is 16.5. The van der Waals surface area contributed by atoms with E-state index in [1.165, 1.54) is 38.5 Å². The van der Waals surface area contributed by atoms with Crippen molar-refractivity contribution in [2.24, 2.45) is 5.92 Å². The Kier molecular flexibility index (Phi) is 15.6. The van der Waals surface area contributed by atoms with Crippen LogP contribution in [-0.4, -0.2) is 105 Å². The van der Waals surface area contributed by atoms with Crippen molar-refractivity contribution in [2.45, 2.75) is 160 Å². The van der Waals surface area contributed by atoms with Gasteiger partial charge in [-0.1, -0.05) is 77.7 Å². The van der Waals surface area contributed by atoms with Gasteiger partial charge < -0.3 is 28.6 Å². The van der Waals surface area contributed by atoms with E-state index in [4.69, 9.17) is 18.6 Å². The van der Waals surface area contributed by atoms with Crippen LogP contribution in [0.3, 0.4) is 0 Å². The molecule has 2 unspecified atom stereocenters. The highest BCUT2D eigenvalue weighted by Gasteiger charge is 2.42. The smallest absolute Gasteiger partial charge is 0.410 e. The third-order valence-corrected chi connectivity index (χ3v) is 15.8. The predicted molar refractivity (Wildman–Crippen MR) is 199 cm³/mol. The number of carbonyl (C=O) groups is 2. The van der Waals surface area contributed by atoms with Crippen LogP contribution in [0.5, 0.6) is 0 Å². The molecule has 1 aliphatic carbocycles. The molecule has 6 atom stereocenters. The first-order valence-corrected chi connectivity index (χ1v) is 21.7. The number of hydrogen-bond acceptors (Lipinski definition) is 8. The topological polar surface area (TPSA) is 97.8 Å². The van der Waals surface area contributed by atoms with E-state index in [0.717, 1.165) is 18.7 Å². The maximum absolute atomic E-state index is 13.6. The molecule has 1 saturated carbocycles. The number of amides is 1. The highest BCUT2D eigenvalue weighted by atomic mass is 28.4. The maximum Gasteiger partial charge on any atom is 0.410 e. The summed E-state index contributed by atoms with van der Waals surface area (Å²) in [5.41, 5.74) is -0.512. The van der Waals surface area contributed by atoms with Crippen LogP contribution in [0.4, 0.5) is 4.79 Å². The number of nitrogens with zero attached hydrogens (tertiary/aromatic N) is 2. The van der Waals surface area contributed by atoms with Gasteiger partial charge in [0, 0.05) is 45.2 Å². The van der Waals surface area contributed by atoms with E-state index in [9.17, 15) is 14.7 Å². The van der Waals surface area contributed by atoms with E-state index in [1.54, 1.807) is 25.0 Å². The van der Waals surface area contributed by atoms with E-state index in [1.807, 2.05) is 45.1 Å². The van der Waals surface area contributed by atoms with E-state index in [0.29, 0.717) is 25.6 Å². The monoisotopic (exact) mass is 704 g/mol. The zero-order chi connectivity index (χ0) is 36.4. The SMILES string of the molecule is COC(C)/C=C/C=C(\C)C1OC(=O)C[C@H](O[Si](C)(C)C(C)(C)C)CC[C@@](C)(O)[C@@H](OC(=O)N2CCN(C3CCCCCC3)CC2)/C=C/[C@@H]1C. The lowest BCUT2D eigenvalue weighted by molar-refractivity contribution is -0.151. The molecule has 2 heterocycles. The molecule has 0 aromatic carbocycles. The molecule has 0 spiro atoms. The molecule has 1 saturated heterocycles. The molecule has 2 fully saturated rings. The third-order valence-electron chi connectivity index (χ3n) is 11.3. The fraction of sp³-hybridized carbons (Fsp3) is 0.795. The molecule has 10 heteroatoms. The van der Waals surface area contributed by atoms with Crippen LogP contribution in [0.15, 0.2) is 36.0 Å². The molecule has 49 heavy (non-hydrogen) atoms. The Morgan fingerprint density at radius 1 is 1.08 bits per heavy atom. The van der Waals surface area contributed by atoms with Crippen LogP contribution in [0.2, 0.25) is 18.1 Å². The van der Waals surface area contributed by atoms with Crippen molar-refractivity contribution in [3.05, 3.63) is 36.0 Å². The van der Waals surface area contributed by atoms with E-state index in [2.05, 4.69) is 38.8 Å². The van der Waals surface area contributed by atoms with E-state index in [-0.39, 0.29) is 35.9 Å². The van der Waals surface area contributed by atoms with Gasteiger partial charge in [-0.05, 0) is 76.2 Å². The molecule has 0 bridgehead atoms. The molecule has 3 aliphatic rings. The van der Waals surface area contributed by atoms with Crippen LogP contribution in [-0.2, 0) is 23.4 Å². The quantitative estimate of drug-likeness (QED) is 0.0899. The average molecular weight is 705 g/mol. The van der Waals surface area contributed by atoms with Gasteiger partial charge in [-0.2, -0.15) is 0 Å². The van der Waals surface area contributed by atoms with Crippen LogP contribution < -0.4 is 0 Å². The summed E-state index contributed by atoms with van der Waals surface area (Å²) in [4.78, 5) is 31.5. The lowest BCUT2D eigenvalue weighted by Gasteiger charge is -2.41. The highest BCUT2D eigenvalue weighted by molar-refractivity contribution is 6.74. The van der Waals surface area contributed by atoms with Gasteiger partial charge in [0.05, 0.1) is 18.6 Å². The van der Waals surface area contributed by atoms with Crippen molar-refractivity contribution in [2.75, 3.05) is 33.3 Å². The number of ether oxygens (including phenoxy) is 3. The summed E-state index contributed by atoms with van der Waals surface area (Å²) in [6.07, 6.45) is 15.6. The summed E-state index contributed by atoms with van der Waals surface area (Å²) < 4.78 is 24.4. The summed E-state index contributed by atoms with van der Waals surface area (Å²) in [7, 11) is -0.603. The standard InChI is InChI=1S/C39H68N2O7Si/c1-29(16-15-17-31(3)45-8)36-30(2)20-21-34(46-37(43)41-26-24-40(25-27-41)32-18-13-11-12-14-19-32)39(7,44)23-22-33(28-35(42)47-36)48-49(9,10)38(4,5)6/h15-17,20-21,30-34,36,44H,11-14,18-19,22-28H2,1-10H3/b17-15+,21-20+,29-16+/t30-,31?,33+,34-,36?,39+/m0/s1. The number of allylic oxidation sites excluding steroid dienone is 2. The van der Waals surface area contributed by atoms with E-state index >= 15 is 0 Å². The second kappa shape index (κ2) is 18.5. The zero-order valence-electron chi connectivity index (χ0n) is 32.3. The fourth-order valence-corrected chi connectivity index (χ4v) is 8.13. The van der Waals surface area contributed by atoms with Crippen LogP contribution in [0.1, 0.15) is 106 Å². The van der Waals surface area contributed by atoms with Gasteiger partial charge in [-0.3, -0.25) is 9.69 Å².